The minimum Gasteiger partial charge on any atom is -0.366 e. The van der Waals surface area contributed by atoms with Gasteiger partial charge in [-0.3, -0.25) is 0 Å². The zero-order valence-corrected chi connectivity index (χ0v) is 14.0. The van der Waals surface area contributed by atoms with Crippen LogP contribution in [0.2, 0.25) is 0 Å². The van der Waals surface area contributed by atoms with Crippen molar-refractivity contribution < 1.29 is 0 Å². The molecule has 2 aromatic heterocycles. The van der Waals surface area contributed by atoms with Gasteiger partial charge in [-0.1, -0.05) is 18.2 Å². The first kappa shape index (κ1) is 15.0. The molecule has 1 aliphatic carbocycles. The van der Waals surface area contributed by atoms with Gasteiger partial charge in [0.2, 0.25) is 0 Å². The van der Waals surface area contributed by atoms with Gasteiger partial charge >= 0.3 is 0 Å². The van der Waals surface area contributed by atoms with Crippen LogP contribution in [-0.2, 0) is 0 Å². The van der Waals surface area contributed by atoms with E-state index in [4.69, 9.17) is 0 Å². The summed E-state index contributed by atoms with van der Waals surface area (Å²) in [5.41, 5.74) is 4.53. The first-order chi connectivity index (χ1) is 11.7. The largest absolute Gasteiger partial charge is 0.366 e. The van der Waals surface area contributed by atoms with E-state index in [1.807, 2.05) is 25.1 Å². The van der Waals surface area contributed by atoms with Crippen molar-refractivity contribution in [3.8, 4) is 0 Å². The highest BCUT2D eigenvalue weighted by atomic mass is 32.1. The smallest absolute Gasteiger partial charge is 0.147 e. The van der Waals surface area contributed by atoms with Gasteiger partial charge in [0, 0.05) is 17.0 Å². The second kappa shape index (κ2) is 6.13. The van der Waals surface area contributed by atoms with Crippen LogP contribution in [0.5, 0.6) is 0 Å². The SMILES string of the molecule is Cc1ccc(N=O)cc1/C=C/c1csc2c(NC3CC3)ncnc12. The van der Waals surface area contributed by atoms with Crippen LogP contribution in [0.3, 0.4) is 0 Å². The van der Waals surface area contributed by atoms with Gasteiger partial charge in [0.05, 0.1) is 10.2 Å². The molecule has 1 aromatic carbocycles. The van der Waals surface area contributed by atoms with E-state index in [1.54, 1.807) is 29.8 Å². The molecule has 0 spiro atoms. The molecule has 0 unspecified atom stereocenters. The van der Waals surface area contributed by atoms with Crippen LogP contribution >= 0.6 is 11.3 Å². The summed E-state index contributed by atoms with van der Waals surface area (Å²) in [7, 11) is 0. The minimum atomic E-state index is 0.439. The summed E-state index contributed by atoms with van der Waals surface area (Å²) in [5.74, 6) is 0.926. The van der Waals surface area contributed by atoms with Gasteiger partial charge in [-0.2, -0.15) is 0 Å². The molecule has 3 aromatic rings. The van der Waals surface area contributed by atoms with E-state index >= 15 is 0 Å². The van der Waals surface area contributed by atoms with Gasteiger partial charge in [-0.25, -0.2) is 9.97 Å². The molecule has 1 fully saturated rings. The summed E-state index contributed by atoms with van der Waals surface area (Å²) in [6, 6.07) is 5.98. The number of nitrogens with one attached hydrogen (secondary N) is 1. The Hall–Kier alpha value is -2.60. The second-order valence-corrected chi connectivity index (χ2v) is 6.85. The first-order valence-corrected chi connectivity index (χ1v) is 8.73. The Morgan fingerprint density at radius 1 is 1.25 bits per heavy atom. The Kier molecular flexibility index (Phi) is 3.82. The van der Waals surface area contributed by atoms with Gasteiger partial charge in [0.25, 0.3) is 0 Å². The Morgan fingerprint density at radius 3 is 2.88 bits per heavy atom. The summed E-state index contributed by atoms with van der Waals surface area (Å²) < 4.78 is 1.09. The van der Waals surface area contributed by atoms with Gasteiger partial charge in [-0.15, -0.1) is 16.2 Å². The molecule has 24 heavy (non-hydrogen) atoms. The Bertz CT molecular complexity index is 943. The van der Waals surface area contributed by atoms with Crippen molar-refractivity contribution in [2.45, 2.75) is 25.8 Å². The number of benzene rings is 1. The van der Waals surface area contributed by atoms with Crippen molar-refractivity contribution in [2.75, 3.05) is 5.32 Å². The van der Waals surface area contributed by atoms with Gasteiger partial charge < -0.3 is 5.32 Å². The van der Waals surface area contributed by atoms with E-state index in [1.165, 1.54) is 12.8 Å². The molecule has 0 bridgehead atoms. The molecule has 0 radical (unpaired) electrons. The molecule has 0 saturated heterocycles. The number of nitrogens with zero attached hydrogens (tertiary/aromatic N) is 3. The van der Waals surface area contributed by atoms with Crippen molar-refractivity contribution in [3.63, 3.8) is 0 Å². The molecular formula is C18H16N4OS. The predicted octanol–water partition coefficient (Wildman–Crippen LogP) is 5.14. The number of fused-ring (bicyclic) bond motifs is 1. The molecule has 6 heteroatoms. The highest BCUT2D eigenvalue weighted by molar-refractivity contribution is 7.18. The zero-order valence-electron chi connectivity index (χ0n) is 13.2. The average Bonchev–Trinajstić information content (AvgIpc) is 3.32. The number of nitroso groups, excluding NO2 is 1. The van der Waals surface area contributed by atoms with Crippen molar-refractivity contribution in [1.82, 2.24) is 9.97 Å². The normalized spacial score (nSPS) is 14.4. The first-order valence-electron chi connectivity index (χ1n) is 7.85. The molecule has 2 heterocycles. The van der Waals surface area contributed by atoms with E-state index in [-0.39, 0.29) is 0 Å². The average molecular weight is 336 g/mol. The summed E-state index contributed by atoms with van der Waals surface area (Å²) in [6.07, 6.45) is 8.07. The maximum atomic E-state index is 10.7. The molecule has 5 nitrogen and oxygen atoms in total. The molecule has 0 atom stereocenters. The Labute approximate surface area is 143 Å². The van der Waals surface area contributed by atoms with E-state index < -0.39 is 0 Å². The summed E-state index contributed by atoms with van der Waals surface area (Å²) >= 11 is 1.65. The maximum absolute atomic E-state index is 10.7. The van der Waals surface area contributed by atoms with Crippen molar-refractivity contribution in [1.29, 1.82) is 0 Å². The third-order valence-corrected chi connectivity index (χ3v) is 5.10. The fourth-order valence-corrected chi connectivity index (χ4v) is 3.50. The number of rotatable bonds is 5. The highest BCUT2D eigenvalue weighted by Crippen LogP contribution is 2.33. The third kappa shape index (κ3) is 2.92. The number of thiophene rings is 1. The maximum Gasteiger partial charge on any atom is 0.147 e. The van der Waals surface area contributed by atoms with Gasteiger partial charge in [-0.05, 0) is 48.2 Å². The predicted molar refractivity (Wildman–Crippen MR) is 99.6 cm³/mol. The van der Waals surface area contributed by atoms with Crippen LogP contribution in [-0.4, -0.2) is 16.0 Å². The molecule has 0 aliphatic heterocycles. The van der Waals surface area contributed by atoms with Crippen LogP contribution < -0.4 is 5.32 Å². The standard InChI is InChI=1S/C18H16N4OS/c1-11-2-5-15(22-23)8-12(11)3-4-13-9-24-17-16(13)19-10-20-18(17)21-14-6-7-14/h2-5,8-10,14H,6-7H2,1H3,(H,19,20,21)/b4-3+. The van der Waals surface area contributed by atoms with Crippen molar-refractivity contribution >= 4 is 45.2 Å². The number of hydrogen-bond acceptors (Lipinski definition) is 6. The molecule has 1 N–H and O–H groups in total. The summed E-state index contributed by atoms with van der Waals surface area (Å²) in [6.45, 7) is 2.01. The van der Waals surface area contributed by atoms with Crippen LogP contribution in [0.15, 0.2) is 35.1 Å². The summed E-state index contributed by atoms with van der Waals surface area (Å²) in [4.78, 5) is 19.5. The molecule has 1 saturated carbocycles. The Balaban J connectivity index is 1.68. The fraction of sp³-hybridized carbons (Fsp3) is 0.222. The lowest BCUT2D eigenvalue weighted by molar-refractivity contribution is 1.11. The second-order valence-electron chi connectivity index (χ2n) is 5.98. The lowest BCUT2D eigenvalue weighted by Gasteiger charge is -2.03. The third-order valence-electron chi connectivity index (χ3n) is 4.11. The van der Waals surface area contributed by atoms with E-state index in [0.29, 0.717) is 11.7 Å². The molecule has 1 aliphatic rings. The minimum absolute atomic E-state index is 0.439. The Morgan fingerprint density at radius 2 is 2.08 bits per heavy atom. The number of hydrogen-bond donors (Lipinski definition) is 1. The van der Waals surface area contributed by atoms with Crippen molar-refractivity contribution in [2.24, 2.45) is 5.18 Å². The van der Waals surface area contributed by atoms with Crippen LogP contribution in [0.1, 0.15) is 29.5 Å². The lowest BCUT2D eigenvalue weighted by Crippen LogP contribution is -2.03. The van der Waals surface area contributed by atoms with Crippen LogP contribution in [0.25, 0.3) is 22.4 Å². The topological polar surface area (TPSA) is 67.2 Å². The lowest BCUT2D eigenvalue weighted by atomic mass is 10.1. The fourth-order valence-electron chi connectivity index (χ4n) is 2.56. The summed E-state index contributed by atoms with van der Waals surface area (Å²) in [5, 5.41) is 8.55. The quantitative estimate of drug-likeness (QED) is 0.655. The van der Waals surface area contributed by atoms with Gasteiger partial charge in [0.15, 0.2) is 0 Å². The molecular weight excluding hydrogens is 320 g/mol. The zero-order chi connectivity index (χ0) is 16.5. The van der Waals surface area contributed by atoms with E-state index in [9.17, 15) is 4.91 Å². The van der Waals surface area contributed by atoms with Gasteiger partial charge in [0.1, 0.15) is 17.8 Å². The number of anilines is 1. The number of aryl methyl sites for hydroxylation is 1. The molecule has 4 rings (SSSR count). The van der Waals surface area contributed by atoms with Crippen molar-refractivity contribution in [3.05, 3.63) is 51.5 Å². The van der Waals surface area contributed by atoms with E-state index in [2.05, 4.69) is 25.8 Å². The molecule has 0 amide bonds. The monoisotopic (exact) mass is 336 g/mol. The highest BCUT2D eigenvalue weighted by Gasteiger charge is 2.22. The number of aromatic nitrogens is 2. The van der Waals surface area contributed by atoms with Crippen LogP contribution in [0.4, 0.5) is 11.5 Å². The van der Waals surface area contributed by atoms with E-state index in [0.717, 1.165) is 32.7 Å². The van der Waals surface area contributed by atoms with Crippen LogP contribution in [0, 0.1) is 11.8 Å². The molecule has 120 valence electrons.